The lowest BCUT2D eigenvalue weighted by atomic mass is 9.90. The van der Waals surface area contributed by atoms with E-state index in [4.69, 9.17) is 10.2 Å². The van der Waals surface area contributed by atoms with Gasteiger partial charge in [0.2, 0.25) is 5.91 Å². The Balaban J connectivity index is 0.00000132. The van der Waals surface area contributed by atoms with Crippen LogP contribution < -0.4 is 5.73 Å². The minimum Gasteiger partial charge on any atom is -0.472 e. The van der Waals surface area contributed by atoms with Crippen molar-refractivity contribution in [3.8, 4) is 10.6 Å². The molecule has 2 aromatic heterocycles. The van der Waals surface area contributed by atoms with Crippen molar-refractivity contribution in [2.75, 3.05) is 19.6 Å². The van der Waals surface area contributed by atoms with Crippen LogP contribution in [0.5, 0.6) is 0 Å². The van der Waals surface area contributed by atoms with Crippen molar-refractivity contribution in [2.24, 2.45) is 11.1 Å². The molecule has 1 amide bonds. The molecule has 0 aromatic carbocycles. The number of amides is 1. The first kappa shape index (κ1) is 20.0. The molecule has 1 unspecified atom stereocenters. The summed E-state index contributed by atoms with van der Waals surface area (Å²) in [6.45, 7) is 4.31. The van der Waals surface area contributed by atoms with E-state index in [1.54, 1.807) is 12.5 Å². The van der Waals surface area contributed by atoms with E-state index in [9.17, 15) is 4.79 Å². The Hall–Kier alpha value is -1.08. The molecular weight excluding hydrogens is 357 g/mol. The van der Waals surface area contributed by atoms with E-state index in [-0.39, 0.29) is 36.1 Å². The van der Waals surface area contributed by atoms with Gasteiger partial charge in [0.05, 0.1) is 18.4 Å². The van der Waals surface area contributed by atoms with Gasteiger partial charge in [0.25, 0.3) is 0 Å². The fourth-order valence-corrected chi connectivity index (χ4v) is 3.38. The predicted octanol–water partition coefficient (Wildman–Crippen LogP) is 2.99. The molecule has 2 N–H and O–H groups in total. The van der Waals surface area contributed by atoms with E-state index in [0.717, 1.165) is 35.8 Å². The lowest BCUT2D eigenvalue weighted by Gasteiger charge is -2.22. The van der Waals surface area contributed by atoms with Gasteiger partial charge in [-0.15, -0.1) is 36.2 Å². The summed E-state index contributed by atoms with van der Waals surface area (Å²) >= 11 is 1.53. The van der Waals surface area contributed by atoms with Crippen LogP contribution in [0.3, 0.4) is 0 Å². The monoisotopic (exact) mass is 377 g/mol. The van der Waals surface area contributed by atoms with Crippen LogP contribution in [0.2, 0.25) is 0 Å². The van der Waals surface area contributed by atoms with E-state index in [1.807, 2.05) is 16.3 Å². The first-order chi connectivity index (χ1) is 10.1. The van der Waals surface area contributed by atoms with Gasteiger partial charge in [-0.2, -0.15) is 0 Å². The van der Waals surface area contributed by atoms with Crippen molar-refractivity contribution in [1.29, 1.82) is 0 Å². The minimum atomic E-state index is 0. The van der Waals surface area contributed by atoms with Gasteiger partial charge in [-0.05, 0) is 24.4 Å². The van der Waals surface area contributed by atoms with Crippen molar-refractivity contribution in [3.63, 3.8) is 0 Å². The zero-order valence-corrected chi connectivity index (χ0v) is 15.3. The highest BCUT2D eigenvalue weighted by Gasteiger charge is 2.34. The number of hydrogen-bond donors (Lipinski definition) is 1. The average molecular weight is 378 g/mol. The molecule has 23 heavy (non-hydrogen) atoms. The molecule has 1 aliphatic heterocycles. The van der Waals surface area contributed by atoms with Gasteiger partial charge in [-0.3, -0.25) is 4.79 Å². The molecule has 1 saturated heterocycles. The molecule has 2 aromatic rings. The molecule has 0 saturated carbocycles. The Bertz CT molecular complexity index is 632. The summed E-state index contributed by atoms with van der Waals surface area (Å²) in [7, 11) is 0. The number of carbonyl (C=O) groups excluding carboxylic acids is 1. The quantitative estimate of drug-likeness (QED) is 0.888. The fraction of sp³-hybridized carbons (Fsp3) is 0.467. The number of furan rings is 1. The zero-order chi connectivity index (χ0) is 14.9. The number of nitrogens with zero attached hydrogens (tertiary/aromatic N) is 2. The number of carbonyl (C=O) groups is 1. The van der Waals surface area contributed by atoms with Crippen LogP contribution in [0, 0.1) is 5.41 Å². The Labute approximate surface area is 152 Å². The van der Waals surface area contributed by atoms with Crippen LogP contribution in [0.15, 0.2) is 28.4 Å². The summed E-state index contributed by atoms with van der Waals surface area (Å²) in [5.74, 6) is 0.135. The lowest BCUT2D eigenvalue weighted by Crippen LogP contribution is -2.35. The van der Waals surface area contributed by atoms with Crippen LogP contribution >= 0.6 is 36.2 Å². The van der Waals surface area contributed by atoms with Gasteiger partial charge in [0, 0.05) is 24.0 Å². The number of rotatable bonds is 4. The highest BCUT2D eigenvalue weighted by atomic mass is 35.5. The number of likely N-dealkylation sites (tertiary alicyclic amines) is 1. The van der Waals surface area contributed by atoms with Crippen LogP contribution in [0.1, 0.15) is 19.0 Å². The van der Waals surface area contributed by atoms with Gasteiger partial charge in [0.15, 0.2) is 0 Å². The molecule has 128 valence electrons. The Morgan fingerprint density at radius 1 is 1.52 bits per heavy atom. The highest BCUT2D eigenvalue weighted by Crippen LogP contribution is 2.29. The molecule has 3 rings (SSSR count). The largest absolute Gasteiger partial charge is 0.472 e. The third-order valence-corrected chi connectivity index (χ3v) is 5.00. The maximum absolute atomic E-state index is 12.3. The topological polar surface area (TPSA) is 72.4 Å². The van der Waals surface area contributed by atoms with Gasteiger partial charge in [-0.25, -0.2) is 4.98 Å². The van der Waals surface area contributed by atoms with E-state index in [2.05, 4.69) is 11.9 Å². The maximum Gasteiger partial charge on any atom is 0.228 e. The third kappa shape index (κ3) is 4.47. The van der Waals surface area contributed by atoms with E-state index in [1.165, 1.54) is 11.3 Å². The van der Waals surface area contributed by atoms with E-state index < -0.39 is 0 Å². The molecule has 0 spiro atoms. The molecule has 8 heteroatoms. The summed E-state index contributed by atoms with van der Waals surface area (Å²) < 4.78 is 5.06. The minimum absolute atomic E-state index is 0. The van der Waals surface area contributed by atoms with Gasteiger partial charge in [-0.1, -0.05) is 6.92 Å². The summed E-state index contributed by atoms with van der Waals surface area (Å²) in [6.07, 6.45) is 4.62. The third-order valence-electron chi connectivity index (χ3n) is 4.06. The molecule has 1 aliphatic rings. The van der Waals surface area contributed by atoms with Gasteiger partial charge < -0.3 is 15.1 Å². The van der Waals surface area contributed by atoms with Crippen LogP contribution in [0.25, 0.3) is 10.6 Å². The zero-order valence-electron chi connectivity index (χ0n) is 12.9. The highest BCUT2D eigenvalue weighted by molar-refractivity contribution is 7.13. The first-order valence-corrected chi connectivity index (χ1v) is 7.92. The molecule has 3 heterocycles. The maximum atomic E-state index is 12.3. The Morgan fingerprint density at radius 2 is 2.30 bits per heavy atom. The average Bonchev–Trinajstić information content (AvgIpc) is 3.18. The Morgan fingerprint density at radius 3 is 2.91 bits per heavy atom. The van der Waals surface area contributed by atoms with Crippen molar-refractivity contribution in [3.05, 3.63) is 29.7 Å². The molecule has 0 bridgehead atoms. The predicted molar refractivity (Wildman–Crippen MR) is 96.4 cm³/mol. The van der Waals surface area contributed by atoms with Crippen LogP contribution in [-0.4, -0.2) is 35.4 Å². The summed E-state index contributed by atoms with van der Waals surface area (Å²) in [4.78, 5) is 18.8. The number of thiazole rings is 1. The summed E-state index contributed by atoms with van der Waals surface area (Å²) in [5.41, 5.74) is 7.63. The second-order valence-corrected chi connectivity index (χ2v) is 6.77. The van der Waals surface area contributed by atoms with Crippen molar-refractivity contribution >= 4 is 42.1 Å². The van der Waals surface area contributed by atoms with Crippen molar-refractivity contribution in [1.82, 2.24) is 9.88 Å². The van der Waals surface area contributed by atoms with Gasteiger partial charge in [0.1, 0.15) is 11.3 Å². The van der Waals surface area contributed by atoms with Gasteiger partial charge >= 0.3 is 0 Å². The number of aromatic nitrogens is 1. The van der Waals surface area contributed by atoms with E-state index in [0.29, 0.717) is 13.0 Å². The molecule has 5 nitrogen and oxygen atoms in total. The molecule has 0 aliphatic carbocycles. The number of hydrogen-bond acceptors (Lipinski definition) is 5. The molecule has 1 atom stereocenters. The standard InChI is InChI=1S/C15H19N3O2S.2ClH/c1-15(9-16)3-4-18(10-15)13(19)6-12-8-21-14(17-12)11-2-5-20-7-11;;/h2,5,7-8H,3-4,6,9-10,16H2,1H3;2*1H. The molecular formula is C15H21Cl2N3O2S. The molecule has 0 radical (unpaired) electrons. The summed E-state index contributed by atoms with van der Waals surface area (Å²) in [6, 6.07) is 1.87. The van der Waals surface area contributed by atoms with Crippen LogP contribution in [-0.2, 0) is 11.2 Å². The second-order valence-electron chi connectivity index (χ2n) is 5.91. The fourth-order valence-electron chi connectivity index (χ4n) is 2.58. The second kappa shape index (κ2) is 8.15. The number of nitrogens with two attached hydrogens (primary N) is 1. The Kier molecular flexibility index (Phi) is 7.07. The van der Waals surface area contributed by atoms with Crippen molar-refractivity contribution in [2.45, 2.75) is 19.8 Å². The van der Waals surface area contributed by atoms with Crippen molar-refractivity contribution < 1.29 is 9.21 Å². The lowest BCUT2D eigenvalue weighted by molar-refractivity contribution is -0.129. The smallest absolute Gasteiger partial charge is 0.228 e. The SMILES string of the molecule is CC1(CN)CCN(C(=O)Cc2csc(-c3ccoc3)n2)C1.Cl.Cl. The first-order valence-electron chi connectivity index (χ1n) is 7.04. The molecule has 1 fully saturated rings. The number of halogens is 2. The normalized spacial score (nSPS) is 20.0. The van der Waals surface area contributed by atoms with E-state index >= 15 is 0 Å². The van der Waals surface area contributed by atoms with Crippen LogP contribution in [0.4, 0.5) is 0 Å². The summed E-state index contributed by atoms with van der Waals surface area (Å²) in [5, 5.41) is 2.83.